The molecule has 1 N–H and O–H groups in total. The van der Waals surface area contributed by atoms with Crippen molar-refractivity contribution in [3.8, 4) is 5.75 Å². The predicted octanol–water partition coefficient (Wildman–Crippen LogP) is 5.10. The highest BCUT2D eigenvalue weighted by atomic mass is 35.5. The largest absolute Gasteiger partial charge is 0.494 e. The molecule has 2 aromatic carbocycles. The molecule has 116 valence electrons. The molecular weight excluding hydrogens is 321 g/mol. The van der Waals surface area contributed by atoms with Crippen molar-refractivity contribution in [2.45, 2.75) is 19.8 Å². The lowest BCUT2D eigenvalue weighted by molar-refractivity contribution is -0.116. The van der Waals surface area contributed by atoms with Gasteiger partial charge in [-0.05, 0) is 55.3 Å². The van der Waals surface area contributed by atoms with Crippen LogP contribution >= 0.6 is 23.2 Å². The van der Waals surface area contributed by atoms with Gasteiger partial charge in [-0.15, -0.1) is 0 Å². The van der Waals surface area contributed by atoms with Crippen molar-refractivity contribution >= 4 is 34.8 Å². The Morgan fingerprint density at radius 3 is 2.59 bits per heavy atom. The first kappa shape index (κ1) is 16.7. The molecule has 0 fully saturated rings. The fourth-order valence-electron chi connectivity index (χ4n) is 1.91. The third-order valence-corrected chi connectivity index (χ3v) is 3.83. The number of nitrogens with one attached hydrogen (secondary N) is 1. The normalized spacial score (nSPS) is 10.3. The Morgan fingerprint density at radius 1 is 1.14 bits per heavy atom. The molecule has 0 aromatic heterocycles. The summed E-state index contributed by atoms with van der Waals surface area (Å²) in [6.07, 6.45) is 1.02. The second-order valence-corrected chi connectivity index (χ2v) is 5.71. The zero-order valence-corrected chi connectivity index (χ0v) is 13.7. The molecule has 22 heavy (non-hydrogen) atoms. The molecule has 0 heterocycles. The van der Waals surface area contributed by atoms with Crippen molar-refractivity contribution in [3.63, 3.8) is 0 Å². The van der Waals surface area contributed by atoms with Crippen LogP contribution in [0.2, 0.25) is 10.0 Å². The van der Waals surface area contributed by atoms with Crippen molar-refractivity contribution in [2.24, 2.45) is 0 Å². The molecule has 0 radical (unpaired) electrons. The molecule has 0 aliphatic heterocycles. The van der Waals surface area contributed by atoms with Crippen LogP contribution < -0.4 is 10.1 Å². The van der Waals surface area contributed by atoms with E-state index in [0.717, 1.165) is 17.0 Å². The van der Waals surface area contributed by atoms with Gasteiger partial charge in [0.05, 0.1) is 6.61 Å². The summed E-state index contributed by atoms with van der Waals surface area (Å²) < 4.78 is 5.54. The highest BCUT2D eigenvalue weighted by molar-refractivity contribution is 6.31. The number of halogens is 2. The van der Waals surface area contributed by atoms with Gasteiger partial charge in [-0.2, -0.15) is 0 Å². The lowest BCUT2D eigenvalue weighted by atomic mass is 10.2. The first-order valence-electron chi connectivity index (χ1n) is 6.99. The van der Waals surface area contributed by atoms with Crippen LogP contribution in [0.4, 0.5) is 5.69 Å². The Balaban J connectivity index is 1.74. The SMILES string of the molecule is Cc1c(Cl)cccc1NC(=O)CCCOc1ccc(Cl)cc1. The number of amides is 1. The standard InChI is InChI=1S/C17H17Cl2NO2/c1-12-15(19)4-2-5-16(12)20-17(21)6-3-11-22-14-9-7-13(18)8-10-14/h2,4-5,7-10H,3,6,11H2,1H3,(H,20,21). The van der Waals surface area contributed by atoms with E-state index in [4.69, 9.17) is 27.9 Å². The Labute approximate surface area is 140 Å². The second kappa shape index (κ2) is 8.06. The lowest BCUT2D eigenvalue weighted by Gasteiger charge is -2.10. The molecule has 0 unspecified atom stereocenters. The number of hydrogen-bond acceptors (Lipinski definition) is 2. The Bertz CT molecular complexity index is 642. The molecule has 0 bridgehead atoms. The number of carbonyl (C=O) groups is 1. The van der Waals surface area contributed by atoms with Crippen LogP contribution in [0, 0.1) is 6.92 Å². The van der Waals surface area contributed by atoms with E-state index in [1.165, 1.54) is 0 Å². The van der Waals surface area contributed by atoms with E-state index in [-0.39, 0.29) is 5.91 Å². The summed E-state index contributed by atoms with van der Waals surface area (Å²) in [4.78, 5) is 11.9. The van der Waals surface area contributed by atoms with Crippen LogP contribution in [-0.4, -0.2) is 12.5 Å². The fraction of sp³-hybridized carbons (Fsp3) is 0.235. The number of rotatable bonds is 6. The van der Waals surface area contributed by atoms with Crippen LogP contribution in [0.15, 0.2) is 42.5 Å². The van der Waals surface area contributed by atoms with Gasteiger partial charge in [0, 0.05) is 22.2 Å². The summed E-state index contributed by atoms with van der Waals surface area (Å²) in [7, 11) is 0. The van der Waals surface area contributed by atoms with E-state index in [9.17, 15) is 4.79 Å². The van der Waals surface area contributed by atoms with Gasteiger partial charge in [0.2, 0.25) is 5.91 Å². The Hall–Kier alpha value is -1.71. The van der Waals surface area contributed by atoms with Gasteiger partial charge in [-0.1, -0.05) is 29.3 Å². The number of ether oxygens (including phenoxy) is 1. The predicted molar refractivity (Wildman–Crippen MR) is 91.0 cm³/mol. The van der Waals surface area contributed by atoms with Crippen LogP contribution in [0.3, 0.4) is 0 Å². The number of carbonyl (C=O) groups excluding carboxylic acids is 1. The molecule has 0 saturated carbocycles. The first-order valence-corrected chi connectivity index (χ1v) is 7.75. The molecule has 1 amide bonds. The minimum absolute atomic E-state index is 0.0509. The van der Waals surface area contributed by atoms with Crippen LogP contribution in [0.25, 0.3) is 0 Å². The van der Waals surface area contributed by atoms with Crippen molar-refractivity contribution in [1.29, 1.82) is 0 Å². The third-order valence-electron chi connectivity index (χ3n) is 3.17. The summed E-state index contributed by atoms with van der Waals surface area (Å²) in [6.45, 7) is 2.35. The van der Waals surface area contributed by atoms with Crippen LogP contribution in [0.5, 0.6) is 5.75 Å². The zero-order valence-electron chi connectivity index (χ0n) is 12.2. The van der Waals surface area contributed by atoms with E-state index in [1.807, 2.05) is 19.1 Å². The minimum atomic E-state index is -0.0509. The average Bonchev–Trinajstić information content (AvgIpc) is 2.50. The molecule has 0 saturated heterocycles. The van der Waals surface area contributed by atoms with Gasteiger partial charge < -0.3 is 10.1 Å². The summed E-state index contributed by atoms with van der Waals surface area (Å²) in [5.74, 6) is 0.695. The van der Waals surface area contributed by atoms with Gasteiger partial charge in [0.25, 0.3) is 0 Å². The monoisotopic (exact) mass is 337 g/mol. The van der Waals surface area contributed by atoms with E-state index in [0.29, 0.717) is 29.5 Å². The van der Waals surface area contributed by atoms with E-state index in [2.05, 4.69) is 5.32 Å². The molecule has 0 spiro atoms. The van der Waals surface area contributed by atoms with Crippen molar-refractivity contribution < 1.29 is 9.53 Å². The maximum Gasteiger partial charge on any atom is 0.224 e. The highest BCUT2D eigenvalue weighted by Crippen LogP contribution is 2.23. The van der Waals surface area contributed by atoms with Crippen molar-refractivity contribution in [1.82, 2.24) is 0 Å². The maximum absolute atomic E-state index is 11.9. The molecule has 0 atom stereocenters. The van der Waals surface area contributed by atoms with Crippen molar-refractivity contribution in [2.75, 3.05) is 11.9 Å². The van der Waals surface area contributed by atoms with E-state index >= 15 is 0 Å². The lowest BCUT2D eigenvalue weighted by Crippen LogP contribution is -2.13. The Morgan fingerprint density at radius 2 is 1.86 bits per heavy atom. The molecule has 2 rings (SSSR count). The quantitative estimate of drug-likeness (QED) is 0.744. The van der Waals surface area contributed by atoms with Crippen LogP contribution in [0.1, 0.15) is 18.4 Å². The smallest absolute Gasteiger partial charge is 0.224 e. The Kier molecular flexibility index (Phi) is 6.10. The number of hydrogen-bond donors (Lipinski definition) is 1. The topological polar surface area (TPSA) is 38.3 Å². The molecule has 5 heteroatoms. The fourth-order valence-corrected chi connectivity index (χ4v) is 2.21. The van der Waals surface area contributed by atoms with E-state index in [1.54, 1.807) is 30.3 Å². The summed E-state index contributed by atoms with van der Waals surface area (Å²) in [6, 6.07) is 12.6. The minimum Gasteiger partial charge on any atom is -0.494 e. The van der Waals surface area contributed by atoms with Gasteiger partial charge >= 0.3 is 0 Å². The molecule has 3 nitrogen and oxygen atoms in total. The number of anilines is 1. The molecular formula is C17H17Cl2NO2. The number of benzene rings is 2. The van der Waals surface area contributed by atoms with Crippen LogP contribution in [-0.2, 0) is 4.79 Å². The van der Waals surface area contributed by atoms with Gasteiger partial charge in [0.1, 0.15) is 5.75 Å². The average molecular weight is 338 g/mol. The third kappa shape index (κ3) is 4.93. The van der Waals surface area contributed by atoms with Gasteiger partial charge in [-0.25, -0.2) is 0 Å². The highest BCUT2D eigenvalue weighted by Gasteiger charge is 2.06. The van der Waals surface area contributed by atoms with Crippen molar-refractivity contribution in [3.05, 3.63) is 58.1 Å². The van der Waals surface area contributed by atoms with Gasteiger partial charge in [0.15, 0.2) is 0 Å². The first-order chi connectivity index (χ1) is 10.6. The van der Waals surface area contributed by atoms with E-state index < -0.39 is 0 Å². The summed E-state index contributed by atoms with van der Waals surface area (Å²) in [5.41, 5.74) is 1.62. The second-order valence-electron chi connectivity index (χ2n) is 4.87. The molecule has 0 aliphatic carbocycles. The zero-order chi connectivity index (χ0) is 15.9. The van der Waals surface area contributed by atoms with Gasteiger partial charge in [-0.3, -0.25) is 4.79 Å². The summed E-state index contributed by atoms with van der Waals surface area (Å²) >= 11 is 11.8. The molecule has 2 aromatic rings. The maximum atomic E-state index is 11.9. The summed E-state index contributed by atoms with van der Waals surface area (Å²) in [5, 5.41) is 4.17. The molecule has 0 aliphatic rings.